The summed E-state index contributed by atoms with van der Waals surface area (Å²) in [4.78, 5) is 98.5. The molecule has 0 aromatic carbocycles. The number of hydrogen-bond acceptors (Lipinski definition) is 20. The van der Waals surface area contributed by atoms with E-state index in [1.54, 1.807) is 0 Å². The van der Waals surface area contributed by atoms with Crippen molar-refractivity contribution in [2.45, 2.75) is 102 Å². The number of phosphoric ester groups is 3. The normalized spacial score (nSPS) is 21.0. The van der Waals surface area contributed by atoms with Crippen molar-refractivity contribution >= 4 is 75.1 Å². The molecule has 12 N–H and O–H groups in total. The number of aromatic nitrogens is 4. The molecule has 31 heteroatoms. The summed E-state index contributed by atoms with van der Waals surface area (Å²) < 4.78 is 62.2. The number of unbranched alkanes of at least 4 members (excludes halogenated alkanes) is 2. The molecule has 8 atom stereocenters. The van der Waals surface area contributed by atoms with Gasteiger partial charge in [-0.2, -0.15) is 4.31 Å². The van der Waals surface area contributed by atoms with Crippen molar-refractivity contribution in [2.75, 3.05) is 37.8 Å². The van der Waals surface area contributed by atoms with Crippen molar-refractivity contribution in [1.29, 1.82) is 0 Å². The number of carboxylic acids is 1. The zero-order chi connectivity index (χ0) is 47.9. The fraction of sp³-hybridized carbons (Fsp3) is 0.667. The number of amides is 2. The number of aliphatic hydroxyl groups is 3. The number of aliphatic hydroxyl groups excluding tert-OH is 3. The Hall–Kier alpha value is -3.27. The molecule has 1 aliphatic rings. The molecule has 1 aliphatic heterocycles. The predicted octanol–water partition coefficient (Wildman–Crippen LogP) is 0.397. The van der Waals surface area contributed by atoms with E-state index in [0.29, 0.717) is 19.3 Å². The molecule has 2 aromatic heterocycles. The van der Waals surface area contributed by atoms with Crippen LogP contribution in [-0.4, -0.2) is 145 Å². The van der Waals surface area contributed by atoms with Crippen LogP contribution >= 0.6 is 35.2 Å². The van der Waals surface area contributed by atoms with Crippen molar-refractivity contribution in [3.8, 4) is 0 Å². The fourth-order valence-corrected chi connectivity index (χ4v) is 9.28. The number of fused-ring (bicyclic) bond motifs is 1. The molecule has 0 bridgehead atoms. The van der Waals surface area contributed by atoms with Crippen molar-refractivity contribution in [3.63, 3.8) is 0 Å². The first-order valence-corrected chi connectivity index (χ1v) is 24.9. The molecule has 362 valence electrons. The van der Waals surface area contributed by atoms with Crippen LogP contribution in [0.4, 0.5) is 5.82 Å². The highest BCUT2D eigenvalue weighted by atomic mass is 32.2. The zero-order valence-corrected chi connectivity index (χ0v) is 38.1. The Bertz CT molecular complexity index is 2070. The number of imidazole rings is 1. The van der Waals surface area contributed by atoms with Gasteiger partial charge in [0.05, 0.1) is 25.6 Å². The minimum atomic E-state index is -5.60. The predicted molar refractivity (Wildman–Crippen MR) is 222 cm³/mol. The van der Waals surface area contributed by atoms with Crippen molar-refractivity contribution in [3.05, 3.63) is 24.8 Å². The Balaban J connectivity index is 1.37. The van der Waals surface area contributed by atoms with E-state index in [9.17, 15) is 67.8 Å². The molecule has 0 saturated carbocycles. The van der Waals surface area contributed by atoms with E-state index in [1.807, 2.05) is 12.2 Å². The lowest BCUT2D eigenvalue weighted by Gasteiger charge is -2.30. The number of aliphatic carboxylic acids is 1. The summed E-state index contributed by atoms with van der Waals surface area (Å²) in [5, 5.41) is 44.8. The molecule has 3 rings (SSSR count). The van der Waals surface area contributed by atoms with Crippen molar-refractivity contribution < 1.29 is 95.5 Å². The van der Waals surface area contributed by atoms with E-state index in [-0.39, 0.29) is 60.2 Å². The van der Waals surface area contributed by atoms with Gasteiger partial charge in [-0.3, -0.25) is 37.3 Å². The number of anilines is 1. The number of hydrogen-bond donors (Lipinski definition) is 11. The molecule has 2 aromatic rings. The average Bonchev–Trinajstić information content (AvgIpc) is 3.75. The maximum absolute atomic E-state index is 12.7. The number of nitrogens with zero attached hydrogens (tertiary/aromatic N) is 4. The van der Waals surface area contributed by atoms with Gasteiger partial charge in [-0.1, -0.05) is 37.8 Å². The molecular formula is C33H54N7O20P3S. The van der Waals surface area contributed by atoms with Crippen LogP contribution in [0.1, 0.15) is 71.4 Å². The van der Waals surface area contributed by atoms with E-state index < -0.39 is 96.6 Å². The molecule has 0 aliphatic carbocycles. The summed E-state index contributed by atoms with van der Waals surface area (Å²) in [6.07, 6.45) is -1.14. The second kappa shape index (κ2) is 25.0. The smallest absolute Gasteiger partial charge is 0.481 e. The topological polar surface area (TPSA) is 421 Å². The van der Waals surface area contributed by atoms with Crippen LogP contribution in [0.25, 0.3) is 11.2 Å². The van der Waals surface area contributed by atoms with Crippen LogP contribution in [0.2, 0.25) is 0 Å². The van der Waals surface area contributed by atoms with Gasteiger partial charge in [0.25, 0.3) is 0 Å². The highest BCUT2D eigenvalue weighted by Gasteiger charge is 2.50. The second-order valence-electron chi connectivity index (χ2n) is 14.8. The van der Waals surface area contributed by atoms with Crippen LogP contribution in [0.3, 0.4) is 0 Å². The number of thioether (sulfide) groups is 1. The molecule has 1 saturated heterocycles. The third kappa shape index (κ3) is 18.9. The highest BCUT2D eigenvalue weighted by Crippen LogP contribution is 2.61. The summed E-state index contributed by atoms with van der Waals surface area (Å²) >= 11 is 0.928. The Kier molecular flexibility index (Phi) is 21.5. The van der Waals surface area contributed by atoms with Gasteiger partial charge in [-0.05, 0) is 32.1 Å². The first kappa shape index (κ1) is 55.1. The number of ether oxygens (including phenoxy) is 1. The highest BCUT2D eigenvalue weighted by molar-refractivity contribution is 8.13. The molecule has 64 heavy (non-hydrogen) atoms. The van der Waals surface area contributed by atoms with Gasteiger partial charge in [0.1, 0.15) is 36.3 Å². The summed E-state index contributed by atoms with van der Waals surface area (Å²) in [6.45, 7) is 0.254. The summed E-state index contributed by atoms with van der Waals surface area (Å²) in [6, 6.07) is 0. The van der Waals surface area contributed by atoms with Crippen LogP contribution in [0, 0.1) is 5.41 Å². The van der Waals surface area contributed by atoms with Gasteiger partial charge in [-0.25, -0.2) is 28.6 Å². The van der Waals surface area contributed by atoms with Gasteiger partial charge in [0.15, 0.2) is 22.8 Å². The molecule has 0 radical (unpaired) electrons. The number of carboxylic acid groups (broad SMARTS) is 1. The summed E-state index contributed by atoms with van der Waals surface area (Å²) in [5.41, 5.74) is 4.21. The molecule has 27 nitrogen and oxygen atoms in total. The molecule has 8 unspecified atom stereocenters. The lowest BCUT2D eigenvalue weighted by molar-refractivity contribution is -0.137. The third-order valence-electron chi connectivity index (χ3n) is 9.01. The largest absolute Gasteiger partial charge is 0.481 e. The van der Waals surface area contributed by atoms with E-state index in [1.165, 1.54) is 13.8 Å². The standard InChI is InChI=1S/C33H54N7O20P3S/c1-33(2,28(47)31(48)36-12-11-22(42)35-13-14-64-24(45)15-20(41)9-7-5-3-4-6-8-10-23(43)44)17-57-63(54,55)60-62(52,53)56-16-21-27(59-61(49,50)51)26(46)32(58-21)40-19-39-25-29(34)37-18-38-30(25)40/h3,5,18-21,26-28,32,41,46-47H,4,6-17H2,1-2H3,(H,35,42)(H,36,48)(H,43,44)(H,52,53)(H,54,55)(H2,34,37,38)(H2,49,50,51)/b5-3+. The van der Waals surface area contributed by atoms with Crippen LogP contribution in [0.15, 0.2) is 24.8 Å². The van der Waals surface area contributed by atoms with E-state index in [0.717, 1.165) is 41.8 Å². The Morgan fingerprint density at radius 3 is 2.36 bits per heavy atom. The Morgan fingerprint density at radius 2 is 1.67 bits per heavy atom. The molecule has 3 heterocycles. The van der Waals surface area contributed by atoms with E-state index >= 15 is 0 Å². The second-order valence-corrected chi connectivity index (χ2v) is 20.2. The zero-order valence-electron chi connectivity index (χ0n) is 34.6. The SMILES string of the molecule is CC(C)(COP(=O)(O)OP(=O)(O)OCC1OC(n2cnc3c(N)ncnc32)C(O)C1OP(=O)(O)O)C(O)C(=O)NCCC(=O)NCCSC(=O)CC(O)CC/C=C/CCCCC(=O)O. The number of nitrogen functional groups attached to an aromatic ring is 1. The van der Waals surface area contributed by atoms with Gasteiger partial charge in [0, 0.05) is 43.5 Å². The molecule has 2 amide bonds. The van der Waals surface area contributed by atoms with Crippen LogP contribution in [-0.2, 0) is 55.5 Å². The van der Waals surface area contributed by atoms with Crippen LogP contribution in [0.5, 0.6) is 0 Å². The lowest BCUT2D eigenvalue weighted by atomic mass is 9.87. The van der Waals surface area contributed by atoms with Gasteiger partial charge in [0.2, 0.25) is 11.8 Å². The van der Waals surface area contributed by atoms with Crippen molar-refractivity contribution in [1.82, 2.24) is 30.2 Å². The molecular weight excluding hydrogens is 939 g/mol. The van der Waals surface area contributed by atoms with Gasteiger partial charge >= 0.3 is 29.4 Å². The Morgan fingerprint density at radius 1 is 0.984 bits per heavy atom. The average molecular weight is 994 g/mol. The molecule has 1 fully saturated rings. The van der Waals surface area contributed by atoms with Gasteiger partial charge < -0.3 is 61.1 Å². The number of carbonyl (C=O) groups is 4. The maximum atomic E-state index is 12.7. The Labute approximate surface area is 369 Å². The first-order valence-electron chi connectivity index (χ1n) is 19.4. The fourth-order valence-electron chi connectivity index (χ4n) is 5.71. The number of carbonyl (C=O) groups excluding carboxylic acids is 3. The monoisotopic (exact) mass is 993 g/mol. The van der Waals surface area contributed by atoms with Crippen LogP contribution < -0.4 is 16.4 Å². The summed E-state index contributed by atoms with van der Waals surface area (Å²) in [7, 11) is -16.5. The van der Waals surface area contributed by atoms with Crippen molar-refractivity contribution in [2.24, 2.45) is 5.41 Å². The third-order valence-corrected chi connectivity index (χ3v) is 13.0. The number of phosphoric acid groups is 3. The first-order chi connectivity index (χ1) is 29.8. The number of rotatable bonds is 29. The molecule has 0 spiro atoms. The quantitative estimate of drug-likeness (QED) is 0.0298. The van der Waals surface area contributed by atoms with E-state index in [2.05, 4.69) is 34.4 Å². The summed E-state index contributed by atoms with van der Waals surface area (Å²) in [5.74, 6) is -2.18. The number of nitrogens with two attached hydrogens (primary N) is 1. The minimum Gasteiger partial charge on any atom is -0.481 e. The minimum absolute atomic E-state index is 0.0192. The lowest BCUT2D eigenvalue weighted by Crippen LogP contribution is -2.46. The van der Waals surface area contributed by atoms with Gasteiger partial charge in [-0.15, -0.1) is 0 Å². The number of nitrogens with one attached hydrogen (secondary N) is 2. The maximum Gasteiger partial charge on any atom is 0.481 e. The van der Waals surface area contributed by atoms with E-state index in [4.69, 9.17) is 24.6 Å². The number of allylic oxidation sites excluding steroid dienone is 2.